The first-order valence-corrected chi connectivity index (χ1v) is 3.05. The molecule has 11 heavy (non-hydrogen) atoms. The standard InChI is InChI=1S/C3H8O2.C2H6O.CH4O2/c1-4-3-5-2;1-2-3;2-1-3/h3H2,1-2H3;3H,2H2,1H3;2-3H,1H2. The van der Waals surface area contributed by atoms with Crippen LogP contribution in [0.2, 0.25) is 0 Å². The average Bonchev–Trinajstić information content (AvgIpc) is 1.92. The summed E-state index contributed by atoms with van der Waals surface area (Å²) in [4.78, 5) is 0. The summed E-state index contributed by atoms with van der Waals surface area (Å²) in [7, 11) is 3.17. The molecule has 0 radical (unpaired) electrons. The largest absolute Gasteiger partial charge is 0.397 e. The minimum atomic E-state index is -0.750. The Hall–Kier alpha value is -0.200. The van der Waals surface area contributed by atoms with Gasteiger partial charge in [-0.25, -0.2) is 0 Å². The molecule has 0 bridgehead atoms. The maximum Gasteiger partial charge on any atom is 0.145 e. The molecule has 0 aliphatic heterocycles. The fourth-order valence-electron chi connectivity index (χ4n) is 0.118. The van der Waals surface area contributed by atoms with Crippen LogP contribution in [-0.4, -0.2) is 49.7 Å². The second kappa shape index (κ2) is 32.9. The third-order valence-electron chi connectivity index (χ3n) is 0.236. The summed E-state index contributed by atoms with van der Waals surface area (Å²) in [6, 6.07) is 0. The van der Waals surface area contributed by atoms with Gasteiger partial charge in [-0.3, -0.25) is 0 Å². The highest BCUT2D eigenvalue weighted by Crippen LogP contribution is 1.60. The van der Waals surface area contributed by atoms with Crippen molar-refractivity contribution in [2.24, 2.45) is 0 Å². The Balaban J connectivity index is -0.0000000933. The Morgan fingerprint density at radius 2 is 1.18 bits per heavy atom. The molecule has 0 aromatic heterocycles. The Morgan fingerprint density at radius 3 is 1.18 bits per heavy atom. The first-order chi connectivity index (χ1) is 5.24. The van der Waals surface area contributed by atoms with E-state index >= 15 is 0 Å². The Labute approximate surface area is 67.2 Å². The van der Waals surface area contributed by atoms with E-state index in [4.69, 9.17) is 15.3 Å². The molecule has 5 heteroatoms. The van der Waals surface area contributed by atoms with Gasteiger partial charge in [-0.2, -0.15) is 0 Å². The lowest BCUT2D eigenvalue weighted by Crippen LogP contribution is -1.87. The molecule has 3 N–H and O–H groups in total. The van der Waals surface area contributed by atoms with Gasteiger partial charge in [0.25, 0.3) is 0 Å². The molecule has 0 rings (SSSR count). The molecule has 0 aliphatic rings. The summed E-state index contributed by atoms with van der Waals surface area (Å²) in [6.45, 7) is 1.57. The van der Waals surface area contributed by atoms with Crippen molar-refractivity contribution in [2.45, 2.75) is 6.92 Å². The van der Waals surface area contributed by atoms with Crippen molar-refractivity contribution in [3.8, 4) is 0 Å². The zero-order valence-electron chi connectivity index (χ0n) is 7.28. The number of hydrogen-bond acceptors (Lipinski definition) is 5. The highest BCUT2D eigenvalue weighted by Gasteiger charge is 1.63. The van der Waals surface area contributed by atoms with Gasteiger partial charge in [0.2, 0.25) is 0 Å². The highest BCUT2D eigenvalue weighted by molar-refractivity contribution is 3.84. The zero-order valence-corrected chi connectivity index (χ0v) is 7.28. The van der Waals surface area contributed by atoms with E-state index in [2.05, 4.69) is 9.47 Å². The van der Waals surface area contributed by atoms with Crippen molar-refractivity contribution >= 4 is 0 Å². The van der Waals surface area contributed by atoms with Crippen molar-refractivity contribution < 1.29 is 24.8 Å². The van der Waals surface area contributed by atoms with Crippen molar-refractivity contribution in [1.29, 1.82) is 0 Å². The Morgan fingerprint density at radius 1 is 1.00 bits per heavy atom. The van der Waals surface area contributed by atoms with Gasteiger partial charge >= 0.3 is 0 Å². The first kappa shape index (κ1) is 17.0. The number of aliphatic hydroxyl groups excluding tert-OH is 2. The minimum Gasteiger partial charge on any atom is -0.397 e. The van der Waals surface area contributed by atoms with Gasteiger partial charge in [0, 0.05) is 20.8 Å². The molecule has 0 fully saturated rings. The first-order valence-electron chi connectivity index (χ1n) is 3.05. The fourth-order valence-corrected chi connectivity index (χ4v) is 0.118. The summed E-state index contributed by atoms with van der Waals surface area (Å²) in [5.74, 6) is 0. The van der Waals surface area contributed by atoms with Crippen LogP contribution in [0.5, 0.6) is 0 Å². The van der Waals surface area contributed by atoms with E-state index in [9.17, 15) is 0 Å². The molecular weight excluding hydrogens is 152 g/mol. The van der Waals surface area contributed by atoms with Gasteiger partial charge in [0.15, 0.2) is 0 Å². The number of hydrogen-bond donors (Lipinski definition) is 3. The van der Waals surface area contributed by atoms with Crippen LogP contribution in [0.1, 0.15) is 6.92 Å². The fraction of sp³-hybridized carbons (Fsp3) is 1.00. The lowest BCUT2D eigenvalue weighted by atomic mass is 10.9. The number of ether oxygens (including phenoxy) is 2. The molecule has 0 atom stereocenters. The summed E-state index contributed by atoms with van der Waals surface area (Å²) >= 11 is 0. The Bertz CT molecular complexity index is 30.2. The van der Waals surface area contributed by atoms with Gasteiger partial charge in [-0.05, 0) is 6.92 Å². The third-order valence-corrected chi connectivity index (χ3v) is 0.236. The number of aliphatic hydroxyl groups is 3. The van der Waals surface area contributed by atoms with Crippen LogP contribution in [0.3, 0.4) is 0 Å². The number of rotatable bonds is 2. The van der Waals surface area contributed by atoms with Gasteiger partial charge < -0.3 is 24.8 Å². The molecule has 72 valence electrons. The second-order valence-electron chi connectivity index (χ2n) is 1.15. The van der Waals surface area contributed by atoms with Crippen LogP contribution in [-0.2, 0) is 9.47 Å². The quantitative estimate of drug-likeness (QED) is 0.471. The molecule has 0 aliphatic carbocycles. The zero-order chi connectivity index (χ0) is 9.54. The van der Waals surface area contributed by atoms with Gasteiger partial charge in [-0.1, -0.05) is 0 Å². The Kier molecular flexibility index (Phi) is 51.1. The minimum absolute atomic E-state index is 0.250. The maximum atomic E-state index is 7.57. The van der Waals surface area contributed by atoms with E-state index in [0.717, 1.165) is 0 Å². The summed E-state index contributed by atoms with van der Waals surface area (Å²) in [5.41, 5.74) is 0. The van der Waals surface area contributed by atoms with Crippen LogP contribution in [0, 0.1) is 0 Å². The van der Waals surface area contributed by atoms with E-state index in [1.807, 2.05) is 0 Å². The SMILES string of the molecule is CCO.COCOC.OCO. The van der Waals surface area contributed by atoms with Crippen molar-refractivity contribution in [3.05, 3.63) is 0 Å². The maximum absolute atomic E-state index is 7.57. The molecule has 5 nitrogen and oxygen atoms in total. The van der Waals surface area contributed by atoms with E-state index in [1.165, 1.54) is 0 Å². The van der Waals surface area contributed by atoms with Crippen LogP contribution in [0.15, 0.2) is 0 Å². The monoisotopic (exact) mass is 170 g/mol. The van der Waals surface area contributed by atoms with E-state index < -0.39 is 6.79 Å². The molecule has 0 saturated carbocycles. The van der Waals surface area contributed by atoms with Gasteiger partial charge in [0.1, 0.15) is 13.6 Å². The molecule has 0 aromatic carbocycles. The van der Waals surface area contributed by atoms with Crippen LogP contribution in [0.4, 0.5) is 0 Å². The van der Waals surface area contributed by atoms with Crippen molar-refractivity contribution in [3.63, 3.8) is 0 Å². The highest BCUT2D eigenvalue weighted by atomic mass is 16.6. The van der Waals surface area contributed by atoms with Crippen molar-refractivity contribution in [1.82, 2.24) is 0 Å². The molecule has 0 unspecified atom stereocenters. The predicted octanol–water partition coefficient (Wildman–Crippen LogP) is -0.836. The van der Waals surface area contributed by atoms with Crippen LogP contribution < -0.4 is 0 Å². The van der Waals surface area contributed by atoms with E-state index in [1.54, 1.807) is 21.1 Å². The second-order valence-corrected chi connectivity index (χ2v) is 1.15. The molecule has 0 aromatic rings. The third kappa shape index (κ3) is 184. The molecular formula is C6H18O5. The number of methoxy groups -OCH3 is 2. The predicted molar refractivity (Wildman–Crippen MR) is 40.9 cm³/mol. The van der Waals surface area contributed by atoms with Gasteiger partial charge in [0.05, 0.1) is 0 Å². The smallest absolute Gasteiger partial charge is 0.145 e. The summed E-state index contributed by atoms with van der Waals surface area (Å²) < 4.78 is 8.94. The van der Waals surface area contributed by atoms with Gasteiger partial charge in [-0.15, -0.1) is 0 Å². The normalized spacial score (nSPS) is 7.09. The van der Waals surface area contributed by atoms with Crippen LogP contribution >= 0.6 is 0 Å². The molecule has 0 spiro atoms. The summed E-state index contributed by atoms with van der Waals surface area (Å²) in [5, 5.41) is 21.8. The lowest BCUT2D eigenvalue weighted by Gasteiger charge is -1.87. The molecule has 0 saturated heterocycles. The molecule has 0 heterocycles. The van der Waals surface area contributed by atoms with E-state index in [-0.39, 0.29) is 6.61 Å². The average molecular weight is 170 g/mol. The van der Waals surface area contributed by atoms with Crippen LogP contribution in [0.25, 0.3) is 0 Å². The summed E-state index contributed by atoms with van der Waals surface area (Å²) in [6.07, 6.45) is 0. The topological polar surface area (TPSA) is 79.2 Å². The molecule has 0 amide bonds. The van der Waals surface area contributed by atoms with Crippen molar-refractivity contribution in [2.75, 3.05) is 34.4 Å². The lowest BCUT2D eigenvalue weighted by molar-refractivity contribution is -0.00272. The van der Waals surface area contributed by atoms with E-state index in [0.29, 0.717) is 6.79 Å².